The molecule has 0 saturated carbocycles. The van der Waals surface area contributed by atoms with E-state index in [1.54, 1.807) is 0 Å². The number of para-hydroxylation sites is 1. The SMILES string of the molecule is COC(=O)CC(CCCCNC(=O)OC(C)(C)C)c1cnc2ccccc2c1. The van der Waals surface area contributed by atoms with E-state index in [-0.39, 0.29) is 11.9 Å². The predicted molar refractivity (Wildman–Crippen MR) is 109 cm³/mol. The summed E-state index contributed by atoms with van der Waals surface area (Å²) in [5, 5.41) is 3.82. The smallest absolute Gasteiger partial charge is 0.407 e. The molecule has 0 saturated heterocycles. The maximum atomic E-state index is 11.9. The van der Waals surface area contributed by atoms with E-state index in [1.807, 2.05) is 51.2 Å². The molecule has 0 radical (unpaired) electrons. The number of nitrogens with one attached hydrogen (secondary N) is 1. The normalized spacial score (nSPS) is 12.4. The fourth-order valence-electron chi connectivity index (χ4n) is 3.00. The van der Waals surface area contributed by atoms with Crippen molar-refractivity contribution in [1.29, 1.82) is 0 Å². The van der Waals surface area contributed by atoms with Gasteiger partial charge in [0, 0.05) is 18.1 Å². The van der Waals surface area contributed by atoms with E-state index in [1.165, 1.54) is 7.11 Å². The van der Waals surface area contributed by atoms with Gasteiger partial charge in [0.25, 0.3) is 0 Å². The van der Waals surface area contributed by atoms with Crippen LogP contribution in [0.5, 0.6) is 0 Å². The Labute approximate surface area is 166 Å². The first-order chi connectivity index (χ1) is 13.3. The van der Waals surface area contributed by atoms with Crippen LogP contribution in [0.25, 0.3) is 10.9 Å². The van der Waals surface area contributed by atoms with Crippen LogP contribution < -0.4 is 5.32 Å². The average Bonchev–Trinajstić information content (AvgIpc) is 2.64. The van der Waals surface area contributed by atoms with Gasteiger partial charge in [-0.15, -0.1) is 0 Å². The number of benzene rings is 1. The number of esters is 1. The summed E-state index contributed by atoms with van der Waals surface area (Å²) in [6.07, 6.45) is 4.23. The molecule has 0 bridgehead atoms. The van der Waals surface area contributed by atoms with Gasteiger partial charge in [0.15, 0.2) is 0 Å². The third-order valence-electron chi connectivity index (χ3n) is 4.37. The zero-order chi connectivity index (χ0) is 20.6. The van der Waals surface area contributed by atoms with Crippen LogP contribution in [0.4, 0.5) is 4.79 Å². The summed E-state index contributed by atoms with van der Waals surface area (Å²) < 4.78 is 10.1. The van der Waals surface area contributed by atoms with Gasteiger partial charge in [-0.2, -0.15) is 0 Å². The molecule has 1 heterocycles. The van der Waals surface area contributed by atoms with Crippen molar-refractivity contribution in [3.63, 3.8) is 0 Å². The molecule has 0 fully saturated rings. The quantitative estimate of drug-likeness (QED) is 0.531. The molecule has 1 amide bonds. The van der Waals surface area contributed by atoms with Crippen LogP contribution >= 0.6 is 0 Å². The summed E-state index contributed by atoms with van der Waals surface area (Å²) >= 11 is 0. The second-order valence-electron chi connectivity index (χ2n) is 7.86. The number of carbonyl (C=O) groups excluding carboxylic acids is 2. The number of alkyl carbamates (subject to hydrolysis) is 1. The topological polar surface area (TPSA) is 77.5 Å². The first-order valence-electron chi connectivity index (χ1n) is 9.67. The number of amides is 1. The Kier molecular flexibility index (Phi) is 7.79. The highest BCUT2D eigenvalue weighted by atomic mass is 16.6. The lowest BCUT2D eigenvalue weighted by molar-refractivity contribution is -0.141. The Hall–Kier alpha value is -2.63. The lowest BCUT2D eigenvalue weighted by Gasteiger charge is -2.20. The van der Waals surface area contributed by atoms with Crippen LogP contribution in [-0.4, -0.2) is 36.3 Å². The van der Waals surface area contributed by atoms with E-state index in [2.05, 4.69) is 16.4 Å². The van der Waals surface area contributed by atoms with Crippen molar-refractivity contribution in [2.24, 2.45) is 0 Å². The maximum Gasteiger partial charge on any atom is 0.407 e. The molecule has 6 heteroatoms. The Balaban J connectivity index is 1.92. The molecule has 0 spiro atoms. The van der Waals surface area contributed by atoms with Crippen LogP contribution in [0.1, 0.15) is 57.9 Å². The Morgan fingerprint density at radius 2 is 1.93 bits per heavy atom. The number of carbonyl (C=O) groups is 2. The van der Waals surface area contributed by atoms with E-state index < -0.39 is 11.7 Å². The molecule has 0 aliphatic carbocycles. The van der Waals surface area contributed by atoms with Crippen LogP contribution in [0.3, 0.4) is 0 Å². The maximum absolute atomic E-state index is 11.9. The van der Waals surface area contributed by atoms with Crippen molar-refractivity contribution in [1.82, 2.24) is 10.3 Å². The number of aromatic nitrogens is 1. The second-order valence-corrected chi connectivity index (χ2v) is 7.86. The van der Waals surface area contributed by atoms with Gasteiger partial charge in [-0.1, -0.05) is 24.6 Å². The summed E-state index contributed by atoms with van der Waals surface area (Å²) in [6.45, 7) is 6.04. The zero-order valence-electron chi connectivity index (χ0n) is 17.2. The van der Waals surface area contributed by atoms with Crippen molar-refractivity contribution >= 4 is 23.0 Å². The van der Waals surface area contributed by atoms with Gasteiger partial charge in [0.2, 0.25) is 0 Å². The van der Waals surface area contributed by atoms with Crippen LogP contribution in [0.2, 0.25) is 0 Å². The fourth-order valence-corrected chi connectivity index (χ4v) is 3.00. The number of pyridine rings is 1. The van der Waals surface area contributed by atoms with Crippen LogP contribution in [0.15, 0.2) is 36.5 Å². The number of methoxy groups -OCH3 is 1. The number of ether oxygens (including phenoxy) is 2. The second kappa shape index (κ2) is 10.1. The van der Waals surface area contributed by atoms with E-state index in [9.17, 15) is 9.59 Å². The van der Waals surface area contributed by atoms with E-state index in [4.69, 9.17) is 9.47 Å². The van der Waals surface area contributed by atoms with Gasteiger partial charge in [0.05, 0.1) is 19.0 Å². The number of rotatable bonds is 8. The first-order valence-corrected chi connectivity index (χ1v) is 9.67. The van der Waals surface area contributed by atoms with E-state index in [0.29, 0.717) is 13.0 Å². The summed E-state index contributed by atoms with van der Waals surface area (Å²) in [5.74, 6) is -0.198. The minimum atomic E-state index is -0.501. The molecule has 6 nitrogen and oxygen atoms in total. The molecule has 0 aliphatic heterocycles. The minimum Gasteiger partial charge on any atom is -0.469 e. The number of unbranched alkanes of at least 4 members (excludes halogenated alkanes) is 1. The van der Waals surface area contributed by atoms with Crippen molar-refractivity contribution in [3.8, 4) is 0 Å². The highest BCUT2D eigenvalue weighted by molar-refractivity contribution is 5.79. The number of nitrogens with zero attached hydrogens (tertiary/aromatic N) is 1. The van der Waals surface area contributed by atoms with Gasteiger partial charge >= 0.3 is 12.1 Å². The average molecular weight is 386 g/mol. The predicted octanol–water partition coefficient (Wildman–Crippen LogP) is 4.58. The van der Waals surface area contributed by atoms with Crippen molar-refractivity contribution in [2.75, 3.05) is 13.7 Å². The molecule has 1 aromatic carbocycles. The lowest BCUT2D eigenvalue weighted by atomic mass is 9.91. The summed E-state index contributed by atoms with van der Waals surface area (Å²) in [7, 11) is 1.41. The molecule has 1 aromatic heterocycles. The summed E-state index contributed by atoms with van der Waals surface area (Å²) in [6, 6.07) is 10.0. The van der Waals surface area contributed by atoms with Gasteiger partial charge in [-0.05, 0) is 57.2 Å². The Morgan fingerprint density at radius 3 is 2.64 bits per heavy atom. The van der Waals surface area contributed by atoms with E-state index >= 15 is 0 Å². The summed E-state index contributed by atoms with van der Waals surface area (Å²) in [5.41, 5.74) is 1.47. The number of hydrogen-bond acceptors (Lipinski definition) is 5. The van der Waals surface area contributed by atoms with Crippen molar-refractivity contribution in [3.05, 3.63) is 42.1 Å². The molecule has 28 heavy (non-hydrogen) atoms. The van der Waals surface area contributed by atoms with Gasteiger partial charge in [-0.25, -0.2) is 4.79 Å². The lowest BCUT2D eigenvalue weighted by Crippen LogP contribution is -2.33. The third kappa shape index (κ3) is 7.18. The summed E-state index contributed by atoms with van der Waals surface area (Å²) in [4.78, 5) is 28.0. The molecule has 1 N–H and O–H groups in total. The molecule has 1 unspecified atom stereocenters. The van der Waals surface area contributed by atoms with Crippen molar-refractivity contribution < 1.29 is 19.1 Å². The monoisotopic (exact) mass is 386 g/mol. The van der Waals surface area contributed by atoms with Crippen LogP contribution in [-0.2, 0) is 14.3 Å². The molecule has 2 aromatic rings. The van der Waals surface area contributed by atoms with Gasteiger partial charge in [-0.3, -0.25) is 9.78 Å². The molecule has 0 aliphatic rings. The minimum absolute atomic E-state index is 0.0334. The zero-order valence-corrected chi connectivity index (χ0v) is 17.2. The molecular weight excluding hydrogens is 356 g/mol. The standard InChI is InChI=1S/C22H30N2O4/c1-22(2,3)28-21(26)23-12-8-7-9-16(14-20(25)27-4)18-13-17-10-5-6-11-19(17)24-15-18/h5-6,10-11,13,15-16H,7-9,12,14H2,1-4H3,(H,23,26). The first kappa shape index (κ1) is 21.7. The largest absolute Gasteiger partial charge is 0.469 e. The number of hydrogen-bond donors (Lipinski definition) is 1. The molecular formula is C22H30N2O4. The number of fused-ring (bicyclic) bond motifs is 1. The Morgan fingerprint density at radius 1 is 1.18 bits per heavy atom. The molecule has 1 atom stereocenters. The molecule has 152 valence electrons. The van der Waals surface area contributed by atoms with Crippen LogP contribution in [0, 0.1) is 0 Å². The fraction of sp³-hybridized carbons (Fsp3) is 0.500. The highest BCUT2D eigenvalue weighted by Crippen LogP contribution is 2.28. The van der Waals surface area contributed by atoms with Gasteiger partial charge < -0.3 is 14.8 Å². The van der Waals surface area contributed by atoms with E-state index in [0.717, 1.165) is 35.7 Å². The molecule has 2 rings (SSSR count). The van der Waals surface area contributed by atoms with Gasteiger partial charge in [0.1, 0.15) is 5.60 Å². The highest BCUT2D eigenvalue weighted by Gasteiger charge is 2.18. The third-order valence-corrected chi connectivity index (χ3v) is 4.37. The Bertz CT molecular complexity index is 798. The van der Waals surface area contributed by atoms with Crippen molar-refractivity contribution in [2.45, 2.75) is 58.0 Å².